The minimum Gasteiger partial charge on any atom is -0.466 e. The lowest BCUT2D eigenvalue weighted by atomic mass is 10.2. The molecule has 0 spiro atoms. The Morgan fingerprint density at radius 2 is 1.76 bits per heavy atom. The van der Waals surface area contributed by atoms with Crippen LogP contribution in [0.25, 0.3) is 0 Å². The number of rotatable bonds is 6. The van der Waals surface area contributed by atoms with Gasteiger partial charge in [0.2, 0.25) is 0 Å². The van der Waals surface area contributed by atoms with E-state index < -0.39 is 6.09 Å². The summed E-state index contributed by atoms with van der Waals surface area (Å²) >= 11 is 0. The standard InChI is InChI=1S/C12H23NO4/c1-6-16-11(14)7-10(4)13(5)12(15)17-8-9(2)3/h9-10H,6-8H2,1-5H3. The molecule has 0 rings (SSSR count). The van der Waals surface area contributed by atoms with E-state index in [9.17, 15) is 9.59 Å². The largest absolute Gasteiger partial charge is 0.466 e. The van der Waals surface area contributed by atoms with E-state index in [1.807, 2.05) is 13.8 Å². The number of amides is 1. The second-order valence-corrected chi connectivity index (χ2v) is 4.44. The van der Waals surface area contributed by atoms with Crippen LogP contribution in [0.5, 0.6) is 0 Å². The number of hydrogen-bond donors (Lipinski definition) is 0. The molecular weight excluding hydrogens is 222 g/mol. The molecule has 0 aromatic heterocycles. The predicted octanol–water partition coefficient (Wildman–Crippen LogP) is 2.05. The average molecular weight is 245 g/mol. The topological polar surface area (TPSA) is 55.8 Å². The third-order valence-corrected chi connectivity index (χ3v) is 2.26. The number of esters is 1. The van der Waals surface area contributed by atoms with Crippen molar-refractivity contribution in [3.8, 4) is 0 Å². The van der Waals surface area contributed by atoms with Crippen molar-refractivity contribution in [3.63, 3.8) is 0 Å². The maximum atomic E-state index is 11.6. The number of carbonyl (C=O) groups excluding carboxylic acids is 2. The highest BCUT2D eigenvalue weighted by molar-refractivity contribution is 5.72. The third-order valence-electron chi connectivity index (χ3n) is 2.26. The van der Waals surface area contributed by atoms with Crippen LogP contribution >= 0.6 is 0 Å². The van der Waals surface area contributed by atoms with Gasteiger partial charge in [0.05, 0.1) is 19.6 Å². The lowest BCUT2D eigenvalue weighted by Gasteiger charge is -2.23. The van der Waals surface area contributed by atoms with Crippen LogP contribution in [0, 0.1) is 5.92 Å². The summed E-state index contributed by atoms with van der Waals surface area (Å²) in [6, 6.07) is -0.228. The molecular formula is C12H23NO4. The van der Waals surface area contributed by atoms with Gasteiger partial charge in [0, 0.05) is 13.1 Å². The summed E-state index contributed by atoms with van der Waals surface area (Å²) in [7, 11) is 1.62. The molecule has 0 radical (unpaired) electrons. The van der Waals surface area contributed by atoms with Crippen molar-refractivity contribution in [1.82, 2.24) is 4.90 Å². The van der Waals surface area contributed by atoms with Gasteiger partial charge in [0.1, 0.15) is 0 Å². The highest BCUT2D eigenvalue weighted by Crippen LogP contribution is 2.06. The fraction of sp³-hybridized carbons (Fsp3) is 0.833. The van der Waals surface area contributed by atoms with Gasteiger partial charge < -0.3 is 14.4 Å². The molecule has 5 nitrogen and oxygen atoms in total. The predicted molar refractivity (Wildman–Crippen MR) is 64.7 cm³/mol. The summed E-state index contributed by atoms with van der Waals surface area (Å²) < 4.78 is 9.89. The van der Waals surface area contributed by atoms with Gasteiger partial charge >= 0.3 is 12.1 Å². The Morgan fingerprint density at radius 1 is 1.18 bits per heavy atom. The van der Waals surface area contributed by atoms with Crippen LogP contribution in [-0.4, -0.2) is 43.3 Å². The molecule has 0 saturated heterocycles. The van der Waals surface area contributed by atoms with Crippen LogP contribution in [0.15, 0.2) is 0 Å². The molecule has 0 aromatic carbocycles. The van der Waals surface area contributed by atoms with Crippen molar-refractivity contribution in [2.24, 2.45) is 5.92 Å². The number of carbonyl (C=O) groups is 2. The van der Waals surface area contributed by atoms with E-state index in [4.69, 9.17) is 9.47 Å². The van der Waals surface area contributed by atoms with Gasteiger partial charge in [-0.15, -0.1) is 0 Å². The van der Waals surface area contributed by atoms with E-state index in [0.29, 0.717) is 19.1 Å². The number of hydrogen-bond acceptors (Lipinski definition) is 4. The molecule has 1 amide bonds. The monoisotopic (exact) mass is 245 g/mol. The first-order chi connectivity index (χ1) is 7.88. The fourth-order valence-corrected chi connectivity index (χ4v) is 1.12. The molecule has 0 N–H and O–H groups in total. The molecule has 0 fully saturated rings. The van der Waals surface area contributed by atoms with Crippen molar-refractivity contribution >= 4 is 12.1 Å². The average Bonchev–Trinajstić information content (AvgIpc) is 2.24. The lowest BCUT2D eigenvalue weighted by Crippen LogP contribution is -2.37. The van der Waals surface area contributed by atoms with Gasteiger partial charge in [-0.2, -0.15) is 0 Å². The first kappa shape index (κ1) is 15.7. The zero-order valence-electron chi connectivity index (χ0n) is 11.4. The van der Waals surface area contributed by atoms with E-state index in [2.05, 4.69) is 0 Å². The lowest BCUT2D eigenvalue weighted by molar-refractivity contribution is -0.144. The Morgan fingerprint density at radius 3 is 2.24 bits per heavy atom. The van der Waals surface area contributed by atoms with Crippen LogP contribution < -0.4 is 0 Å². The highest BCUT2D eigenvalue weighted by Gasteiger charge is 2.20. The molecule has 0 aliphatic carbocycles. The normalized spacial score (nSPS) is 12.1. The molecule has 0 saturated carbocycles. The maximum absolute atomic E-state index is 11.6. The second-order valence-electron chi connectivity index (χ2n) is 4.44. The third kappa shape index (κ3) is 6.81. The molecule has 5 heteroatoms. The summed E-state index contributed by atoms with van der Waals surface area (Å²) in [4.78, 5) is 24.2. The summed E-state index contributed by atoms with van der Waals surface area (Å²) in [5.74, 6) is -0.00350. The van der Waals surface area contributed by atoms with Crippen molar-refractivity contribution in [2.75, 3.05) is 20.3 Å². The van der Waals surface area contributed by atoms with Crippen LogP contribution in [-0.2, 0) is 14.3 Å². The molecule has 0 bridgehead atoms. The van der Waals surface area contributed by atoms with Crippen LogP contribution in [0.1, 0.15) is 34.1 Å². The number of nitrogens with zero attached hydrogens (tertiary/aromatic N) is 1. The van der Waals surface area contributed by atoms with E-state index >= 15 is 0 Å². The van der Waals surface area contributed by atoms with Gasteiger partial charge in [0.15, 0.2) is 0 Å². The molecule has 0 aromatic rings. The molecule has 0 aliphatic heterocycles. The van der Waals surface area contributed by atoms with Crippen molar-refractivity contribution in [2.45, 2.75) is 40.2 Å². The smallest absolute Gasteiger partial charge is 0.409 e. The van der Waals surface area contributed by atoms with Crippen molar-refractivity contribution in [3.05, 3.63) is 0 Å². The van der Waals surface area contributed by atoms with Crippen LogP contribution in [0.3, 0.4) is 0 Å². The minimum atomic E-state index is -0.407. The number of ether oxygens (including phenoxy) is 2. The van der Waals surface area contributed by atoms with E-state index in [0.717, 1.165) is 0 Å². The van der Waals surface area contributed by atoms with Crippen LogP contribution in [0.2, 0.25) is 0 Å². The quantitative estimate of drug-likeness (QED) is 0.672. The van der Waals surface area contributed by atoms with Gasteiger partial charge in [-0.3, -0.25) is 4.79 Å². The zero-order chi connectivity index (χ0) is 13.4. The zero-order valence-corrected chi connectivity index (χ0v) is 11.4. The van der Waals surface area contributed by atoms with Gasteiger partial charge in [-0.05, 0) is 19.8 Å². The maximum Gasteiger partial charge on any atom is 0.409 e. The van der Waals surface area contributed by atoms with Gasteiger partial charge in [-0.1, -0.05) is 13.8 Å². The molecule has 1 atom stereocenters. The Hall–Kier alpha value is -1.26. The molecule has 0 heterocycles. The Bertz CT molecular complexity index is 253. The van der Waals surface area contributed by atoms with Crippen LogP contribution in [0.4, 0.5) is 4.79 Å². The van der Waals surface area contributed by atoms with E-state index in [1.165, 1.54) is 4.90 Å². The Kier molecular flexibility index (Phi) is 7.34. The van der Waals surface area contributed by atoms with Crippen molar-refractivity contribution < 1.29 is 19.1 Å². The van der Waals surface area contributed by atoms with Crippen molar-refractivity contribution in [1.29, 1.82) is 0 Å². The summed E-state index contributed by atoms with van der Waals surface area (Å²) in [5.41, 5.74) is 0. The fourth-order valence-electron chi connectivity index (χ4n) is 1.12. The second kappa shape index (κ2) is 7.92. The molecule has 100 valence electrons. The molecule has 0 aliphatic rings. The SMILES string of the molecule is CCOC(=O)CC(C)N(C)C(=O)OCC(C)C. The summed E-state index contributed by atoms with van der Waals surface area (Å²) in [6.07, 6.45) is -0.225. The molecule has 17 heavy (non-hydrogen) atoms. The Labute approximate surface area is 103 Å². The van der Waals surface area contributed by atoms with E-state index in [-0.39, 0.29) is 18.4 Å². The van der Waals surface area contributed by atoms with Gasteiger partial charge in [0.25, 0.3) is 0 Å². The van der Waals surface area contributed by atoms with Gasteiger partial charge in [-0.25, -0.2) is 4.79 Å². The first-order valence-corrected chi connectivity index (χ1v) is 5.93. The minimum absolute atomic E-state index is 0.182. The summed E-state index contributed by atoms with van der Waals surface area (Å²) in [5, 5.41) is 0. The first-order valence-electron chi connectivity index (χ1n) is 5.93. The highest BCUT2D eigenvalue weighted by atomic mass is 16.6. The summed E-state index contributed by atoms with van der Waals surface area (Å²) in [6.45, 7) is 8.21. The Balaban J connectivity index is 4.06. The molecule has 1 unspecified atom stereocenters. The van der Waals surface area contributed by atoms with E-state index in [1.54, 1.807) is 20.9 Å².